The van der Waals surface area contributed by atoms with Gasteiger partial charge in [-0.25, -0.2) is 0 Å². The highest BCUT2D eigenvalue weighted by atomic mass is 16.1. The van der Waals surface area contributed by atoms with Gasteiger partial charge in [0.2, 0.25) is 0 Å². The van der Waals surface area contributed by atoms with Gasteiger partial charge in [0.05, 0.1) is 0 Å². The van der Waals surface area contributed by atoms with E-state index in [4.69, 9.17) is 0 Å². The summed E-state index contributed by atoms with van der Waals surface area (Å²) in [7, 11) is 6.22. The minimum atomic E-state index is -0.0532. The molecule has 1 N–H and O–H groups in total. The second-order valence-corrected chi connectivity index (χ2v) is 7.72. The molecule has 1 atom stereocenters. The molecule has 2 aromatic rings. The lowest BCUT2D eigenvalue weighted by atomic mass is 9.96. The second kappa shape index (κ2) is 9.05. The minimum Gasteiger partial charge on any atom is -0.378 e. The Labute approximate surface area is 163 Å². The van der Waals surface area contributed by atoms with Crippen LogP contribution in [0.1, 0.15) is 41.6 Å². The zero-order valence-electron chi connectivity index (χ0n) is 16.7. The summed E-state index contributed by atoms with van der Waals surface area (Å²) in [6.45, 7) is 1.20. The number of para-hydroxylation sites is 1. The maximum Gasteiger partial charge on any atom is 0.255 e. The molecule has 0 saturated carbocycles. The third-order valence-corrected chi connectivity index (χ3v) is 5.58. The highest BCUT2D eigenvalue weighted by molar-refractivity contribution is 6.04. The number of amides is 1. The van der Waals surface area contributed by atoms with Gasteiger partial charge in [-0.1, -0.05) is 24.6 Å². The molecule has 4 heteroatoms. The Balaban J connectivity index is 1.65. The number of carbonyl (C=O) groups is 1. The van der Waals surface area contributed by atoms with E-state index in [0.29, 0.717) is 11.6 Å². The highest BCUT2D eigenvalue weighted by Gasteiger charge is 2.19. The normalized spacial score (nSPS) is 17.5. The molecule has 2 aromatic carbocycles. The van der Waals surface area contributed by atoms with Gasteiger partial charge in [0.25, 0.3) is 5.91 Å². The second-order valence-electron chi connectivity index (χ2n) is 7.72. The molecule has 3 rings (SSSR count). The summed E-state index contributed by atoms with van der Waals surface area (Å²) < 4.78 is 0. The fraction of sp³-hybridized carbons (Fsp3) is 0.435. The Morgan fingerprint density at radius 2 is 1.85 bits per heavy atom. The van der Waals surface area contributed by atoms with Crippen LogP contribution in [-0.2, 0) is 6.42 Å². The highest BCUT2D eigenvalue weighted by Crippen LogP contribution is 2.23. The summed E-state index contributed by atoms with van der Waals surface area (Å²) in [5.41, 5.74) is 3.92. The molecule has 1 unspecified atom stereocenters. The molecule has 0 aliphatic carbocycles. The summed E-state index contributed by atoms with van der Waals surface area (Å²) in [6.07, 6.45) is 6.05. The number of hydrogen-bond donors (Lipinski definition) is 1. The molecule has 144 valence electrons. The predicted octanol–water partition coefficient (Wildman–Crippen LogP) is 4.42. The number of nitrogens with zero attached hydrogens (tertiary/aromatic N) is 2. The fourth-order valence-corrected chi connectivity index (χ4v) is 3.80. The molecular weight excluding hydrogens is 334 g/mol. The summed E-state index contributed by atoms with van der Waals surface area (Å²) in [5.74, 6) is -0.0532. The van der Waals surface area contributed by atoms with Crippen LogP contribution in [0.5, 0.6) is 0 Å². The molecule has 1 aliphatic rings. The molecular formula is C23H31N3O. The number of carbonyl (C=O) groups excluding carboxylic acids is 1. The zero-order chi connectivity index (χ0) is 19.2. The molecule has 0 spiro atoms. The van der Waals surface area contributed by atoms with Gasteiger partial charge in [0.15, 0.2) is 0 Å². The van der Waals surface area contributed by atoms with E-state index in [1.165, 1.54) is 31.4 Å². The average molecular weight is 366 g/mol. The Bertz CT molecular complexity index is 754. The topological polar surface area (TPSA) is 35.6 Å². The smallest absolute Gasteiger partial charge is 0.255 e. The van der Waals surface area contributed by atoms with Crippen molar-refractivity contribution in [1.29, 1.82) is 0 Å². The molecule has 1 fully saturated rings. The molecule has 0 aromatic heterocycles. The van der Waals surface area contributed by atoms with Gasteiger partial charge in [-0.15, -0.1) is 0 Å². The lowest BCUT2D eigenvalue weighted by Gasteiger charge is -2.32. The van der Waals surface area contributed by atoms with Crippen LogP contribution in [0.3, 0.4) is 0 Å². The van der Waals surface area contributed by atoms with Crippen molar-refractivity contribution in [3.8, 4) is 0 Å². The molecule has 0 bridgehead atoms. The van der Waals surface area contributed by atoms with Crippen LogP contribution < -0.4 is 10.2 Å². The quantitative estimate of drug-likeness (QED) is 0.823. The first kappa shape index (κ1) is 19.4. The standard InChI is InChI=1S/C23H31N3O/c1-25(2)20-14-12-19(13-15-20)23(27)24-22-10-5-4-8-18(22)11-16-21-9-6-7-17-26(21)3/h4-5,8,10,12-15,21H,6-7,9,11,16-17H2,1-3H3,(H,24,27). The van der Waals surface area contributed by atoms with E-state index in [2.05, 4.69) is 29.4 Å². The number of rotatable bonds is 6. The van der Waals surface area contributed by atoms with Gasteiger partial charge in [-0.2, -0.15) is 0 Å². The van der Waals surface area contributed by atoms with Crippen molar-refractivity contribution in [2.75, 3.05) is 37.9 Å². The van der Waals surface area contributed by atoms with E-state index < -0.39 is 0 Å². The van der Waals surface area contributed by atoms with Crippen molar-refractivity contribution in [3.05, 3.63) is 59.7 Å². The van der Waals surface area contributed by atoms with Crippen LogP contribution >= 0.6 is 0 Å². The first-order chi connectivity index (χ1) is 13.0. The van der Waals surface area contributed by atoms with Crippen LogP contribution in [-0.4, -0.2) is 44.5 Å². The minimum absolute atomic E-state index is 0.0532. The lowest BCUT2D eigenvalue weighted by molar-refractivity contribution is 0.102. The first-order valence-corrected chi connectivity index (χ1v) is 9.91. The number of benzene rings is 2. The maximum absolute atomic E-state index is 12.7. The summed E-state index contributed by atoms with van der Waals surface area (Å²) >= 11 is 0. The number of anilines is 2. The van der Waals surface area contributed by atoms with Crippen molar-refractivity contribution >= 4 is 17.3 Å². The van der Waals surface area contributed by atoms with Gasteiger partial charge in [0, 0.05) is 37.1 Å². The number of nitrogens with one attached hydrogen (secondary N) is 1. The van der Waals surface area contributed by atoms with E-state index in [1.807, 2.05) is 55.4 Å². The summed E-state index contributed by atoms with van der Waals surface area (Å²) in [6, 6.07) is 16.5. The van der Waals surface area contributed by atoms with E-state index in [0.717, 1.165) is 24.2 Å². The lowest BCUT2D eigenvalue weighted by Crippen LogP contribution is -2.36. The van der Waals surface area contributed by atoms with E-state index in [9.17, 15) is 4.79 Å². The summed E-state index contributed by atoms with van der Waals surface area (Å²) in [4.78, 5) is 17.2. The molecule has 1 amide bonds. The predicted molar refractivity (Wildman–Crippen MR) is 114 cm³/mol. The molecule has 4 nitrogen and oxygen atoms in total. The SMILES string of the molecule is CN(C)c1ccc(C(=O)Nc2ccccc2CCC2CCCCN2C)cc1. The largest absolute Gasteiger partial charge is 0.378 e. The summed E-state index contributed by atoms with van der Waals surface area (Å²) in [5, 5.41) is 3.11. The van der Waals surface area contributed by atoms with Crippen LogP contribution in [0.25, 0.3) is 0 Å². The van der Waals surface area contributed by atoms with Crippen LogP contribution in [0.15, 0.2) is 48.5 Å². The molecule has 27 heavy (non-hydrogen) atoms. The van der Waals surface area contributed by atoms with Crippen LogP contribution in [0.2, 0.25) is 0 Å². The van der Waals surface area contributed by atoms with Crippen LogP contribution in [0.4, 0.5) is 11.4 Å². The van der Waals surface area contributed by atoms with Crippen LogP contribution in [0, 0.1) is 0 Å². The monoisotopic (exact) mass is 365 g/mol. The third kappa shape index (κ3) is 5.10. The number of piperidine rings is 1. The first-order valence-electron chi connectivity index (χ1n) is 9.91. The maximum atomic E-state index is 12.7. The van der Waals surface area contributed by atoms with Gasteiger partial charge >= 0.3 is 0 Å². The number of likely N-dealkylation sites (tertiary alicyclic amines) is 1. The molecule has 1 aliphatic heterocycles. The van der Waals surface area contributed by atoms with Crippen molar-refractivity contribution < 1.29 is 4.79 Å². The van der Waals surface area contributed by atoms with Crippen molar-refractivity contribution in [3.63, 3.8) is 0 Å². The molecule has 0 radical (unpaired) electrons. The van der Waals surface area contributed by atoms with E-state index in [-0.39, 0.29) is 5.91 Å². The van der Waals surface area contributed by atoms with Crippen molar-refractivity contribution in [2.45, 2.75) is 38.1 Å². The Hall–Kier alpha value is -2.33. The fourth-order valence-electron chi connectivity index (χ4n) is 3.80. The van der Waals surface area contributed by atoms with Crippen molar-refractivity contribution in [2.24, 2.45) is 0 Å². The zero-order valence-corrected chi connectivity index (χ0v) is 16.7. The van der Waals surface area contributed by atoms with Gasteiger partial charge in [0.1, 0.15) is 0 Å². The Morgan fingerprint density at radius 3 is 2.56 bits per heavy atom. The van der Waals surface area contributed by atoms with Crippen molar-refractivity contribution in [1.82, 2.24) is 4.90 Å². The van der Waals surface area contributed by atoms with Gasteiger partial charge in [-0.05, 0) is 75.2 Å². The molecule has 1 heterocycles. The Kier molecular flexibility index (Phi) is 6.51. The van der Waals surface area contributed by atoms with Gasteiger partial charge in [-0.3, -0.25) is 4.79 Å². The van der Waals surface area contributed by atoms with Gasteiger partial charge < -0.3 is 15.1 Å². The van der Waals surface area contributed by atoms with E-state index in [1.54, 1.807) is 0 Å². The number of hydrogen-bond acceptors (Lipinski definition) is 3. The average Bonchev–Trinajstić information content (AvgIpc) is 2.68. The third-order valence-electron chi connectivity index (χ3n) is 5.58. The Morgan fingerprint density at radius 1 is 1.11 bits per heavy atom. The van der Waals surface area contributed by atoms with E-state index >= 15 is 0 Å². The number of aryl methyl sites for hydroxylation is 1. The molecule has 1 saturated heterocycles.